The molecule has 4 nitrogen and oxygen atoms in total. The lowest BCUT2D eigenvalue weighted by Gasteiger charge is -2.04. The molecule has 120 valence electrons. The maximum absolute atomic E-state index is 12.0. The molecule has 0 aliphatic heterocycles. The molecule has 1 aromatic carbocycles. The first-order chi connectivity index (χ1) is 11.1. The molecule has 2 heterocycles. The van der Waals surface area contributed by atoms with Gasteiger partial charge in [-0.2, -0.15) is 0 Å². The minimum atomic E-state index is 0.0328. The molecule has 5 heteroatoms. The lowest BCUT2D eigenvalue weighted by Crippen LogP contribution is -2.27. The molecule has 0 aliphatic carbocycles. The van der Waals surface area contributed by atoms with E-state index in [4.69, 9.17) is 0 Å². The second kappa shape index (κ2) is 6.96. The Hall–Kier alpha value is -2.14. The van der Waals surface area contributed by atoms with Gasteiger partial charge in [0.25, 0.3) is 0 Å². The van der Waals surface area contributed by atoms with Crippen LogP contribution in [0.15, 0.2) is 35.8 Å². The van der Waals surface area contributed by atoms with Crippen molar-refractivity contribution in [3.63, 3.8) is 0 Å². The number of carbonyl (C=O) groups is 1. The van der Waals surface area contributed by atoms with E-state index in [2.05, 4.69) is 41.3 Å². The van der Waals surface area contributed by atoms with E-state index in [0.29, 0.717) is 18.9 Å². The predicted octanol–water partition coefficient (Wildman–Crippen LogP) is 3.65. The van der Waals surface area contributed by atoms with Crippen molar-refractivity contribution in [3.8, 4) is 0 Å². The van der Waals surface area contributed by atoms with E-state index in [1.807, 2.05) is 23.7 Å². The highest BCUT2D eigenvalue weighted by atomic mass is 32.1. The summed E-state index contributed by atoms with van der Waals surface area (Å²) in [5.74, 6) is 0.448. The van der Waals surface area contributed by atoms with Crippen LogP contribution in [0.5, 0.6) is 0 Å². The maximum atomic E-state index is 12.0. The highest BCUT2D eigenvalue weighted by Gasteiger charge is 2.10. The van der Waals surface area contributed by atoms with E-state index < -0.39 is 0 Å². The number of carbonyl (C=O) groups excluding carboxylic acids is 1. The van der Waals surface area contributed by atoms with Gasteiger partial charge in [0, 0.05) is 34.9 Å². The number of fused-ring (bicyclic) bond motifs is 1. The van der Waals surface area contributed by atoms with Crippen molar-refractivity contribution in [2.75, 3.05) is 6.54 Å². The fourth-order valence-electron chi connectivity index (χ4n) is 2.57. The van der Waals surface area contributed by atoms with E-state index in [1.54, 1.807) is 11.3 Å². The van der Waals surface area contributed by atoms with Crippen molar-refractivity contribution < 1.29 is 4.79 Å². The van der Waals surface area contributed by atoms with Gasteiger partial charge in [0.05, 0.1) is 17.1 Å². The zero-order valence-corrected chi connectivity index (χ0v) is 14.2. The van der Waals surface area contributed by atoms with Crippen molar-refractivity contribution >= 4 is 28.1 Å². The molecule has 0 fully saturated rings. The molecule has 3 rings (SSSR count). The third kappa shape index (κ3) is 3.79. The molecule has 0 radical (unpaired) electrons. The average molecular weight is 327 g/mol. The van der Waals surface area contributed by atoms with Gasteiger partial charge in [-0.25, -0.2) is 4.98 Å². The molecule has 0 bridgehead atoms. The van der Waals surface area contributed by atoms with Crippen molar-refractivity contribution in [1.29, 1.82) is 0 Å². The largest absolute Gasteiger partial charge is 0.361 e. The normalized spacial score (nSPS) is 11.3. The fourth-order valence-corrected chi connectivity index (χ4v) is 3.41. The quantitative estimate of drug-likeness (QED) is 0.726. The predicted molar refractivity (Wildman–Crippen MR) is 94.9 cm³/mol. The Balaban J connectivity index is 1.51. The van der Waals surface area contributed by atoms with E-state index in [0.717, 1.165) is 22.6 Å². The van der Waals surface area contributed by atoms with Gasteiger partial charge >= 0.3 is 0 Å². The summed E-state index contributed by atoms with van der Waals surface area (Å²) in [6, 6.07) is 8.22. The van der Waals surface area contributed by atoms with Gasteiger partial charge in [0.15, 0.2) is 0 Å². The molecule has 0 atom stereocenters. The number of amides is 1. The summed E-state index contributed by atoms with van der Waals surface area (Å²) >= 11 is 1.63. The third-order valence-corrected chi connectivity index (χ3v) is 4.99. The number of nitrogens with zero attached hydrogens (tertiary/aromatic N) is 1. The van der Waals surface area contributed by atoms with Gasteiger partial charge in [0.1, 0.15) is 0 Å². The molecule has 0 aliphatic rings. The molecule has 1 amide bonds. The van der Waals surface area contributed by atoms with Gasteiger partial charge in [0.2, 0.25) is 5.91 Å². The van der Waals surface area contributed by atoms with Crippen molar-refractivity contribution in [3.05, 3.63) is 52.1 Å². The Bertz CT molecular complexity index is 803. The highest BCUT2D eigenvalue weighted by Crippen LogP contribution is 2.19. The number of aromatic nitrogens is 2. The lowest BCUT2D eigenvalue weighted by molar-refractivity contribution is -0.120. The fraction of sp³-hybridized carbons (Fsp3) is 0.333. The van der Waals surface area contributed by atoms with Crippen LogP contribution in [-0.4, -0.2) is 22.4 Å². The van der Waals surface area contributed by atoms with Crippen LogP contribution in [0.25, 0.3) is 10.9 Å². The summed E-state index contributed by atoms with van der Waals surface area (Å²) < 4.78 is 0. The number of benzene rings is 1. The Morgan fingerprint density at radius 2 is 2.17 bits per heavy atom. The summed E-state index contributed by atoms with van der Waals surface area (Å²) in [4.78, 5) is 19.8. The van der Waals surface area contributed by atoms with Crippen molar-refractivity contribution in [2.24, 2.45) is 0 Å². The Morgan fingerprint density at radius 3 is 2.96 bits per heavy atom. The number of H-pyrrole nitrogens is 1. The van der Waals surface area contributed by atoms with Crippen molar-refractivity contribution in [1.82, 2.24) is 15.3 Å². The number of nitrogens with one attached hydrogen (secondary N) is 2. The van der Waals surface area contributed by atoms with Gasteiger partial charge in [-0.15, -0.1) is 11.3 Å². The second-order valence-electron chi connectivity index (χ2n) is 5.97. The van der Waals surface area contributed by atoms with E-state index in [1.165, 1.54) is 10.9 Å². The number of rotatable bonds is 6. The smallest absolute Gasteiger partial charge is 0.226 e. The van der Waals surface area contributed by atoms with Crippen LogP contribution in [0.4, 0.5) is 0 Å². The topological polar surface area (TPSA) is 57.8 Å². The molecule has 23 heavy (non-hydrogen) atoms. The number of hydrogen-bond acceptors (Lipinski definition) is 3. The average Bonchev–Trinajstić information content (AvgIpc) is 3.15. The number of para-hydroxylation sites is 1. The third-order valence-electron chi connectivity index (χ3n) is 3.80. The van der Waals surface area contributed by atoms with Gasteiger partial charge in [-0.3, -0.25) is 4.79 Å². The summed E-state index contributed by atoms with van der Waals surface area (Å²) in [5.41, 5.74) is 3.23. The van der Waals surface area contributed by atoms with E-state index in [9.17, 15) is 4.79 Å². The van der Waals surface area contributed by atoms with Gasteiger partial charge in [-0.1, -0.05) is 32.0 Å². The minimum Gasteiger partial charge on any atom is -0.361 e. The van der Waals surface area contributed by atoms with Crippen LogP contribution in [-0.2, 0) is 17.6 Å². The number of aromatic amines is 1. The van der Waals surface area contributed by atoms with Gasteiger partial charge in [-0.05, 0) is 18.1 Å². The van der Waals surface area contributed by atoms with Crippen LogP contribution in [0.2, 0.25) is 0 Å². The Labute approximate surface area is 140 Å². The first kappa shape index (κ1) is 15.7. The zero-order chi connectivity index (χ0) is 16.2. The molecule has 0 spiro atoms. The summed E-state index contributed by atoms with van der Waals surface area (Å²) in [5, 5.41) is 7.28. The minimum absolute atomic E-state index is 0.0328. The summed E-state index contributed by atoms with van der Waals surface area (Å²) in [6.45, 7) is 4.87. The van der Waals surface area contributed by atoms with Crippen LogP contribution < -0.4 is 5.32 Å². The van der Waals surface area contributed by atoms with E-state index in [-0.39, 0.29) is 5.91 Å². The molecule has 0 saturated carbocycles. The first-order valence-corrected chi connectivity index (χ1v) is 8.77. The molecular weight excluding hydrogens is 306 g/mol. The Morgan fingerprint density at radius 1 is 1.35 bits per heavy atom. The van der Waals surface area contributed by atoms with Crippen LogP contribution in [0.1, 0.15) is 36.0 Å². The highest BCUT2D eigenvalue weighted by molar-refractivity contribution is 7.09. The first-order valence-electron chi connectivity index (χ1n) is 7.89. The molecule has 3 aromatic rings. The second-order valence-corrected chi connectivity index (χ2v) is 6.86. The molecule has 2 aromatic heterocycles. The molecule has 0 unspecified atom stereocenters. The van der Waals surface area contributed by atoms with E-state index >= 15 is 0 Å². The molecular formula is C18H21N3OS. The summed E-state index contributed by atoms with van der Waals surface area (Å²) in [7, 11) is 0. The maximum Gasteiger partial charge on any atom is 0.226 e. The van der Waals surface area contributed by atoms with Crippen LogP contribution in [0.3, 0.4) is 0 Å². The Kier molecular flexibility index (Phi) is 4.76. The summed E-state index contributed by atoms with van der Waals surface area (Å²) in [6.07, 6.45) is 3.20. The van der Waals surface area contributed by atoms with Gasteiger partial charge < -0.3 is 10.3 Å². The van der Waals surface area contributed by atoms with Crippen molar-refractivity contribution in [2.45, 2.75) is 32.6 Å². The van der Waals surface area contributed by atoms with Crippen LogP contribution >= 0.6 is 11.3 Å². The number of thiazole rings is 1. The molecule has 0 saturated heterocycles. The number of hydrogen-bond donors (Lipinski definition) is 2. The monoisotopic (exact) mass is 327 g/mol. The zero-order valence-electron chi connectivity index (χ0n) is 13.4. The molecule has 2 N–H and O–H groups in total. The SMILES string of the molecule is CC(C)c1nc(CC(=O)NCCc2c[nH]c3ccccc23)cs1. The standard InChI is InChI=1S/C18H21N3OS/c1-12(2)18-21-14(11-23-18)9-17(22)19-8-7-13-10-20-16-6-4-3-5-15(13)16/h3-6,10-12,20H,7-9H2,1-2H3,(H,19,22). The lowest BCUT2D eigenvalue weighted by atomic mass is 10.1. The van der Waals surface area contributed by atoms with Crippen LogP contribution in [0, 0.1) is 0 Å².